The van der Waals surface area contributed by atoms with Crippen molar-refractivity contribution in [2.24, 2.45) is 0 Å². The van der Waals surface area contributed by atoms with Gasteiger partial charge in [0.15, 0.2) is 11.6 Å². The summed E-state index contributed by atoms with van der Waals surface area (Å²) in [6.07, 6.45) is 2.54. The topological polar surface area (TPSA) is 55.3 Å². The lowest BCUT2D eigenvalue weighted by Crippen LogP contribution is -2.17. The van der Waals surface area contributed by atoms with Crippen molar-refractivity contribution in [3.8, 4) is 11.3 Å². The Morgan fingerprint density at radius 3 is 2.61 bits per heavy atom. The smallest absolute Gasteiger partial charge is 0.169 e. The standard InChI is InChI=1S/C13H14BrN3O/c14-10-7-9(12-8-13(15)16-18-12)3-4-11(10)17-5-1-2-6-17/h3-4,7-8H,1-2,5-6H2,(H2,15,16). The van der Waals surface area contributed by atoms with Gasteiger partial charge in [0, 0.05) is 29.2 Å². The molecule has 1 aromatic heterocycles. The number of benzene rings is 1. The van der Waals surface area contributed by atoms with Gasteiger partial charge in [-0.3, -0.25) is 0 Å². The van der Waals surface area contributed by atoms with Crippen molar-refractivity contribution in [3.05, 3.63) is 28.7 Å². The highest BCUT2D eigenvalue weighted by Crippen LogP contribution is 2.33. The van der Waals surface area contributed by atoms with Crippen molar-refractivity contribution >= 4 is 27.4 Å². The second kappa shape index (κ2) is 4.65. The average Bonchev–Trinajstić information content (AvgIpc) is 2.99. The molecule has 2 heterocycles. The Balaban J connectivity index is 1.93. The van der Waals surface area contributed by atoms with Crippen molar-refractivity contribution in [2.45, 2.75) is 12.8 Å². The number of hydrogen-bond donors (Lipinski definition) is 1. The monoisotopic (exact) mass is 307 g/mol. The van der Waals surface area contributed by atoms with Crippen LogP contribution in [0.15, 0.2) is 33.3 Å². The maximum Gasteiger partial charge on any atom is 0.169 e. The number of aromatic nitrogens is 1. The van der Waals surface area contributed by atoms with Crippen LogP contribution in [0.5, 0.6) is 0 Å². The Morgan fingerprint density at radius 2 is 2.00 bits per heavy atom. The lowest BCUT2D eigenvalue weighted by molar-refractivity contribution is 0.436. The van der Waals surface area contributed by atoms with E-state index in [2.05, 4.69) is 32.1 Å². The molecule has 0 amide bonds. The van der Waals surface area contributed by atoms with E-state index in [0.717, 1.165) is 23.1 Å². The zero-order valence-corrected chi connectivity index (χ0v) is 11.5. The summed E-state index contributed by atoms with van der Waals surface area (Å²) in [5.74, 6) is 1.10. The van der Waals surface area contributed by atoms with E-state index in [1.807, 2.05) is 12.1 Å². The van der Waals surface area contributed by atoms with E-state index in [-0.39, 0.29) is 0 Å². The van der Waals surface area contributed by atoms with Crippen LogP contribution in [0.1, 0.15) is 12.8 Å². The molecule has 18 heavy (non-hydrogen) atoms. The third-order valence-corrected chi connectivity index (χ3v) is 3.84. The van der Waals surface area contributed by atoms with Crippen LogP contribution in [0.3, 0.4) is 0 Å². The zero-order valence-electron chi connectivity index (χ0n) is 9.90. The molecule has 0 unspecified atom stereocenters. The number of rotatable bonds is 2. The molecule has 0 bridgehead atoms. The van der Waals surface area contributed by atoms with Gasteiger partial charge in [0.05, 0.1) is 5.69 Å². The summed E-state index contributed by atoms with van der Waals surface area (Å²) >= 11 is 3.63. The van der Waals surface area contributed by atoms with Crippen molar-refractivity contribution in [1.82, 2.24) is 5.16 Å². The summed E-state index contributed by atoms with van der Waals surface area (Å²) in [5.41, 5.74) is 7.78. The van der Waals surface area contributed by atoms with Crippen molar-refractivity contribution in [1.29, 1.82) is 0 Å². The Hall–Kier alpha value is -1.49. The molecule has 1 aromatic carbocycles. The Bertz CT molecular complexity index is 561. The fraction of sp³-hybridized carbons (Fsp3) is 0.308. The summed E-state index contributed by atoms with van der Waals surface area (Å²) in [6, 6.07) is 7.94. The number of hydrogen-bond acceptors (Lipinski definition) is 4. The van der Waals surface area contributed by atoms with Crippen LogP contribution in [-0.4, -0.2) is 18.2 Å². The van der Waals surface area contributed by atoms with Crippen LogP contribution >= 0.6 is 15.9 Å². The van der Waals surface area contributed by atoms with Crippen molar-refractivity contribution in [2.75, 3.05) is 23.7 Å². The first-order valence-corrected chi connectivity index (χ1v) is 6.80. The normalized spacial score (nSPS) is 15.3. The molecule has 0 saturated carbocycles. The summed E-state index contributed by atoms with van der Waals surface area (Å²) in [6.45, 7) is 2.26. The van der Waals surface area contributed by atoms with E-state index in [4.69, 9.17) is 10.3 Å². The molecular weight excluding hydrogens is 294 g/mol. The molecule has 1 aliphatic rings. The SMILES string of the molecule is Nc1cc(-c2ccc(N3CCCC3)c(Br)c2)on1. The quantitative estimate of drug-likeness (QED) is 0.925. The van der Waals surface area contributed by atoms with Gasteiger partial charge in [0.1, 0.15) is 0 Å². The first-order chi connectivity index (χ1) is 8.74. The Labute approximate surface area is 114 Å². The van der Waals surface area contributed by atoms with Gasteiger partial charge in [-0.15, -0.1) is 0 Å². The molecule has 0 atom stereocenters. The minimum atomic E-state index is 0.407. The number of anilines is 2. The summed E-state index contributed by atoms with van der Waals surface area (Å²) < 4.78 is 6.24. The maximum atomic E-state index is 5.56. The lowest BCUT2D eigenvalue weighted by Gasteiger charge is -2.19. The molecule has 94 valence electrons. The van der Waals surface area contributed by atoms with Crippen LogP contribution in [0.25, 0.3) is 11.3 Å². The first kappa shape index (κ1) is 11.6. The molecule has 5 heteroatoms. The number of nitrogens with two attached hydrogens (primary N) is 1. The predicted molar refractivity (Wildman–Crippen MR) is 75.5 cm³/mol. The van der Waals surface area contributed by atoms with Crippen LogP contribution in [0.2, 0.25) is 0 Å². The second-order valence-corrected chi connectivity index (χ2v) is 5.33. The van der Waals surface area contributed by atoms with E-state index in [9.17, 15) is 0 Å². The minimum absolute atomic E-state index is 0.407. The molecule has 0 radical (unpaired) electrons. The van der Waals surface area contributed by atoms with Crippen LogP contribution in [0, 0.1) is 0 Å². The summed E-state index contributed by atoms with van der Waals surface area (Å²) in [4.78, 5) is 2.39. The van der Waals surface area contributed by atoms with E-state index in [1.54, 1.807) is 6.07 Å². The van der Waals surface area contributed by atoms with Gasteiger partial charge in [-0.05, 0) is 47.0 Å². The molecular formula is C13H14BrN3O. The van der Waals surface area contributed by atoms with Crippen LogP contribution in [0.4, 0.5) is 11.5 Å². The van der Waals surface area contributed by atoms with Gasteiger partial charge in [0.2, 0.25) is 0 Å². The molecule has 3 rings (SSSR count). The molecule has 0 aliphatic carbocycles. The lowest BCUT2D eigenvalue weighted by atomic mass is 10.1. The zero-order chi connectivity index (χ0) is 12.5. The Morgan fingerprint density at radius 1 is 1.22 bits per heavy atom. The summed E-state index contributed by atoms with van der Waals surface area (Å²) in [7, 11) is 0. The third kappa shape index (κ3) is 2.10. The minimum Gasteiger partial charge on any atom is -0.381 e. The molecule has 0 spiro atoms. The maximum absolute atomic E-state index is 5.56. The average molecular weight is 308 g/mol. The van der Waals surface area contributed by atoms with Gasteiger partial charge in [0.25, 0.3) is 0 Å². The van der Waals surface area contributed by atoms with Gasteiger partial charge in [-0.1, -0.05) is 5.16 Å². The van der Waals surface area contributed by atoms with E-state index >= 15 is 0 Å². The second-order valence-electron chi connectivity index (χ2n) is 4.48. The molecule has 1 aliphatic heterocycles. The highest BCUT2D eigenvalue weighted by Gasteiger charge is 2.16. The van der Waals surface area contributed by atoms with E-state index in [0.29, 0.717) is 11.6 Å². The van der Waals surface area contributed by atoms with Crippen LogP contribution in [-0.2, 0) is 0 Å². The molecule has 2 aromatic rings. The Kier molecular flexibility index (Phi) is 2.99. The van der Waals surface area contributed by atoms with Gasteiger partial charge in [-0.2, -0.15) is 0 Å². The van der Waals surface area contributed by atoms with Gasteiger partial charge in [-0.25, -0.2) is 0 Å². The highest BCUT2D eigenvalue weighted by molar-refractivity contribution is 9.10. The molecule has 1 fully saturated rings. The van der Waals surface area contributed by atoms with E-state index in [1.165, 1.54) is 18.5 Å². The third-order valence-electron chi connectivity index (χ3n) is 3.21. The van der Waals surface area contributed by atoms with Crippen LogP contribution < -0.4 is 10.6 Å². The van der Waals surface area contributed by atoms with Gasteiger partial charge < -0.3 is 15.2 Å². The molecule has 1 saturated heterocycles. The molecule has 2 N–H and O–H groups in total. The molecule has 4 nitrogen and oxygen atoms in total. The first-order valence-electron chi connectivity index (χ1n) is 6.01. The summed E-state index contributed by atoms with van der Waals surface area (Å²) in [5, 5.41) is 3.70. The number of nitrogen functional groups attached to an aromatic ring is 1. The fourth-order valence-corrected chi connectivity index (χ4v) is 2.93. The van der Waals surface area contributed by atoms with Gasteiger partial charge >= 0.3 is 0 Å². The van der Waals surface area contributed by atoms with Crippen molar-refractivity contribution < 1.29 is 4.52 Å². The predicted octanol–water partition coefficient (Wildman–Crippen LogP) is 3.29. The number of halogens is 1. The van der Waals surface area contributed by atoms with Crippen molar-refractivity contribution in [3.63, 3.8) is 0 Å². The fourth-order valence-electron chi connectivity index (χ4n) is 2.30. The largest absolute Gasteiger partial charge is 0.381 e. The van der Waals surface area contributed by atoms with E-state index < -0.39 is 0 Å². The number of nitrogens with zero attached hydrogens (tertiary/aromatic N) is 2. The highest BCUT2D eigenvalue weighted by atomic mass is 79.9.